The number of hydrogen-bond acceptors (Lipinski definition) is 7. The fourth-order valence-electron chi connectivity index (χ4n) is 3.09. The summed E-state index contributed by atoms with van der Waals surface area (Å²) < 4.78 is 68.3. The Kier molecular flexibility index (Phi) is 8.64. The van der Waals surface area contributed by atoms with Gasteiger partial charge in [-0.15, -0.1) is 0 Å². The fourth-order valence-corrected chi connectivity index (χ4v) is 3.09. The molecule has 2 aromatic carbocycles. The number of halogens is 4. The second-order valence-electron chi connectivity index (χ2n) is 7.55. The van der Waals surface area contributed by atoms with Crippen molar-refractivity contribution < 1.29 is 46.8 Å². The lowest BCUT2D eigenvalue weighted by atomic mass is 10.1. The van der Waals surface area contributed by atoms with Crippen molar-refractivity contribution in [2.24, 2.45) is 0 Å². The minimum Gasteiger partial charge on any atom is -0.497 e. The number of aromatic nitrogens is 2. The Hall–Kier alpha value is -3.93. The Bertz CT molecular complexity index is 1210. The largest absolute Gasteiger partial charge is 0.497 e. The smallest absolute Gasteiger partial charge is 0.392 e. The van der Waals surface area contributed by atoms with Crippen LogP contribution in [0.25, 0.3) is 11.3 Å². The molecule has 192 valence electrons. The van der Waals surface area contributed by atoms with E-state index in [2.05, 4.69) is 9.97 Å². The van der Waals surface area contributed by atoms with Gasteiger partial charge in [-0.05, 0) is 35.9 Å². The Morgan fingerprint density at radius 3 is 2.58 bits per heavy atom. The highest BCUT2D eigenvalue weighted by Crippen LogP contribution is 2.32. The maximum Gasteiger partial charge on any atom is 0.392 e. The average molecular weight is 510 g/mol. The number of hydrogen-bond donors (Lipinski definition) is 2. The van der Waals surface area contributed by atoms with E-state index in [0.717, 1.165) is 6.07 Å². The van der Waals surface area contributed by atoms with Crippen LogP contribution in [-0.4, -0.2) is 46.0 Å². The summed E-state index contributed by atoms with van der Waals surface area (Å²) in [6.07, 6.45) is -6.19. The lowest BCUT2D eigenvalue weighted by Gasteiger charge is -2.14. The van der Waals surface area contributed by atoms with Gasteiger partial charge in [-0.3, -0.25) is 4.79 Å². The molecule has 0 aliphatic rings. The molecule has 1 atom stereocenters. The van der Waals surface area contributed by atoms with Crippen LogP contribution in [0.4, 0.5) is 17.6 Å². The molecule has 1 aromatic heterocycles. The predicted octanol–water partition coefficient (Wildman–Crippen LogP) is 4.71. The molecular formula is C24H22F4N2O6. The number of rotatable bonds is 11. The molecule has 2 N–H and O–H groups in total. The monoisotopic (exact) mass is 510 g/mol. The Labute approximate surface area is 203 Å². The molecular weight excluding hydrogens is 488 g/mol. The molecule has 0 aliphatic carbocycles. The molecule has 1 heterocycles. The number of methoxy groups -OCH3 is 1. The van der Waals surface area contributed by atoms with Crippen molar-refractivity contribution in [1.82, 2.24) is 9.97 Å². The standard InChI is InChI=1S/C24H22F4N2O6/c1-34-16-5-6-19(25)18(10-16)22-23(35-8-7-24(26,27)28)30-15(12-29-22)13-36-17-4-2-3-14(9-17)20(31)11-21(32)33/h2-6,9-10,12,20,31H,7-8,11,13H2,1H3,(H,32,33)/t20-/m1/s1. The SMILES string of the molecule is COc1ccc(F)c(-c2ncc(COc3cccc([C@H](O)CC(=O)O)c3)nc2OCCC(F)(F)F)c1. The second-order valence-corrected chi connectivity index (χ2v) is 7.55. The second kappa shape index (κ2) is 11.7. The van der Waals surface area contributed by atoms with Gasteiger partial charge in [0.15, 0.2) is 0 Å². The van der Waals surface area contributed by atoms with Crippen LogP contribution in [0.15, 0.2) is 48.7 Å². The number of aliphatic hydroxyl groups is 1. The van der Waals surface area contributed by atoms with Gasteiger partial charge in [-0.2, -0.15) is 13.2 Å². The first-order valence-corrected chi connectivity index (χ1v) is 10.6. The number of alkyl halides is 3. The van der Waals surface area contributed by atoms with Crippen molar-refractivity contribution >= 4 is 5.97 Å². The van der Waals surface area contributed by atoms with Crippen LogP contribution in [0.5, 0.6) is 17.4 Å². The highest BCUT2D eigenvalue weighted by molar-refractivity contribution is 5.68. The number of nitrogens with zero attached hydrogens (tertiary/aromatic N) is 2. The van der Waals surface area contributed by atoms with Crippen LogP contribution in [0.3, 0.4) is 0 Å². The van der Waals surface area contributed by atoms with Gasteiger partial charge in [-0.1, -0.05) is 12.1 Å². The first kappa shape index (κ1) is 26.7. The zero-order valence-electron chi connectivity index (χ0n) is 19.0. The molecule has 0 fully saturated rings. The molecule has 0 saturated carbocycles. The summed E-state index contributed by atoms with van der Waals surface area (Å²) in [6, 6.07) is 9.91. The Morgan fingerprint density at radius 2 is 1.89 bits per heavy atom. The summed E-state index contributed by atoms with van der Waals surface area (Å²) in [6.45, 7) is -0.952. The molecule has 0 aliphatic heterocycles. The number of aliphatic hydroxyl groups excluding tert-OH is 1. The van der Waals surface area contributed by atoms with Gasteiger partial charge in [0, 0.05) is 5.56 Å². The third kappa shape index (κ3) is 7.54. The van der Waals surface area contributed by atoms with E-state index >= 15 is 0 Å². The molecule has 0 unspecified atom stereocenters. The highest BCUT2D eigenvalue weighted by atomic mass is 19.4. The van der Waals surface area contributed by atoms with Gasteiger partial charge in [0.1, 0.15) is 35.3 Å². The van der Waals surface area contributed by atoms with Crippen molar-refractivity contribution in [3.8, 4) is 28.6 Å². The summed E-state index contributed by atoms with van der Waals surface area (Å²) >= 11 is 0. The van der Waals surface area contributed by atoms with E-state index in [1.54, 1.807) is 12.1 Å². The van der Waals surface area contributed by atoms with Crippen molar-refractivity contribution in [1.29, 1.82) is 0 Å². The van der Waals surface area contributed by atoms with E-state index in [0.29, 0.717) is 11.3 Å². The summed E-state index contributed by atoms with van der Waals surface area (Å²) in [5, 5.41) is 18.8. The van der Waals surface area contributed by atoms with E-state index in [1.807, 2.05) is 0 Å². The van der Waals surface area contributed by atoms with E-state index < -0.39 is 43.5 Å². The lowest BCUT2D eigenvalue weighted by molar-refractivity contribution is -0.140. The number of carbonyl (C=O) groups is 1. The number of benzene rings is 2. The van der Waals surface area contributed by atoms with E-state index in [4.69, 9.17) is 19.3 Å². The third-order valence-corrected chi connectivity index (χ3v) is 4.84. The number of aliphatic carboxylic acids is 1. The van der Waals surface area contributed by atoms with Crippen molar-refractivity contribution in [2.45, 2.75) is 31.7 Å². The van der Waals surface area contributed by atoms with Gasteiger partial charge in [0.25, 0.3) is 0 Å². The van der Waals surface area contributed by atoms with Crippen molar-refractivity contribution in [3.05, 3.63) is 65.7 Å². The number of carboxylic acids is 1. The molecule has 0 radical (unpaired) electrons. The Morgan fingerprint density at radius 1 is 1.11 bits per heavy atom. The number of carboxylic acid groups (broad SMARTS) is 1. The molecule has 0 amide bonds. The minimum absolute atomic E-state index is 0.0727. The van der Waals surface area contributed by atoms with Gasteiger partial charge in [0.05, 0.1) is 38.9 Å². The first-order valence-electron chi connectivity index (χ1n) is 10.6. The van der Waals surface area contributed by atoms with E-state index in [-0.39, 0.29) is 35.2 Å². The van der Waals surface area contributed by atoms with Crippen molar-refractivity contribution in [3.63, 3.8) is 0 Å². The average Bonchev–Trinajstić information content (AvgIpc) is 2.82. The maximum absolute atomic E-state index is 14.5. The van der Waals surface area contributed by atoms with Crippen LogP contribution >= 0.6 is 0 Å². The van der Waals surface area contributed by atoms with Crippen LogP contribution < -0.4 is 14.2 Å². The topological polar surface area (TPSA) is 111 Å². The molecule has 3 aromatic rings. The predicted molar refractivity (Wildman–Crippen MR) is 118 cm³/mol. The quantitative estimate of drug-likeness (QED) is 0.357. The van der Waals surface area contributed by atoms with E-state index in [9.17, 15) is 27.5 Å². The van der Waals surface area contributed by atoms with E-state index in [1.165, 1.54) is 37.6 Å². The molecule has 36 heavy (non-hydrogen) atoms. The van der Waals surface area contributed by atoms with Crippen molar-refractivity contribution in [2.75, 3.05) is 13.7 Å². The van der Waals surface area contributed by atoms with Crippen LogP contribution in [0.2, 0.25) is 0 Å². The van der Waals surface area contributed by atoms with Crippen LogP contribution in [0.1, 0.15) is 30.2 Å². The fraction of sp³-hybridized carbons (Fsp3) is 0.292. The minimum atomic E-state index is -4.47. The first-order chi connectivity index (χ1) is 17.1. The lowest BCUT2D eigenvalue weighted by Crippen LogP contribution is -2.14. The van der Waals surface area contributed by atoms with Crippen LogP contribution in [-0.2, 0) is 11.4 Å². The zero-order valence-corrected chi connectivity index (χ0v) is 19.0. The summed E-state index contributed by atoms with van der Waals surface area (Å²) in [5.74, 6) is -1.62. The molecule has 0 spiro atoms. The molecule has 0 bridgehead atoms. The van der Waals surface area contributed by atoms with Gasteiger partial charge in [-0.25, -0.2) is 14.4 Å². The normalized spacial score (nSPS) is 12.2. The molecule has 0 saturated heterocycles. The number of ether oxygens (including phenoxy) is 3. The summed E-state index contributed by atoms with van der Waals surface area (Å²) in [5.41, 5.74) is 0.300. The highest BCUT2D eigenvalue weighted by Gasteiger charge is 2.27. The Balaban J connectivity index is 1.84. The molecule has 8 nitrogen and oxygen atoms in total. The summed E-state index contributed by atoms with van der Waals surface area (Å²) in [7, 11) is 1.37. The molecule has 3 rings (SSSR count). The summed E-state index contributed by atoms with van der Waals surface area (Å²) in [4.78, 5) is 19.1. The third-order valence-electron chi connectivity index (χ3n) is 4.84. The van der Waals surface area contributed by atoms with Crippen LogP contribution in [0, 0.1) is 5.82 Å². The molecule has 12 heteroatoms. The van der Waals surface area contributed by atoms with Gasteiger partial charge >= 0.3 is 12.1 Å². The maximum atomic E-state index is 14.5. The van der Waals surface area contributed by atoms with Gasteiger partial charge in [0.2, 0.25) is 5.88 Å². The zero-order chi connectivity index (χ0) is 26.3. The van der Waals surface area contributed by atoms with Gasteiger partial charge < -0.3 is 24.4 Å².